The van der Waals surface area contributed by atoms with E-state index < -0.39 is 23.3 Å². The first-order valence-corrected chi connectivity index (χ1v) is 9.28. The minimum Gasteiger partial charge on any atom is -0.618 e. The van der Waals surface area contributed by atoms with Gasteiger partial charge in [0.25, 0.3) is 5.91 Å². The van der Waals surface area contributed by atoms with Crippen LogP contribution >= 0.6 is 0 Å². The minimum atomic E-state index is -5.03. The summed E-state index contributed by atoms with van der Waals surface area (Å²) in [6.07, 6.45) is -4.44. The van der Waals surface area contributed by atoms with E-state index in [1.807, 2.05) is 26.8 Å². The fraction of sp³-hybridized carbons (Fsp3) is 0.429. The van der Waals surface area contributed by atoms with Gasteiger partial charge >= 0.3 is 11.9 Å². The van der Waals surface area contributed by atoms with Gasteiger partial charge in [0.2, 0.25) is 0 Å². The van der Waals surface area contributed by atoms with Crippen molar-refractivity contribution in [2.75, 3.05) is 11.9 Å². The molecule has 0 saturated heterocycles. The van der Waals surface area contributed by atoms with Gasteiger partial charge in [-0.05, 0) is 43.4 Å². The molecule has 1 aromatic carbocycles. The average molecular weight is 410 g/mol. The molecule has 0 fully saturated rings. The van der Waals surface area contributed by atoms with Crippen LogP contribution in [0, 0.1) is 31.9 Å². The fourth-order valence-corrected chi connectivity index (χ4v) is 2.78. The van der Waals surface area contributed by atoms with Gasteiger partial charge in [-0.3, -0.25) is 4.79 Å². The fourth-order valence-electron chi connectivity index (χ4n) is 2.78. The molecule has 2 rings (SSSR count). The van der Waals surface area contributed by atoms with Crippen molar-refractivity contribution in [3.05, 3.63) is 57.6 Å². The Labute approximate surface area is 168 Å². The summed E-state index contributed by atoms with van der Waals surface area (Å²) >= 11 is 0. The highest BCUT2D eigenvalue weighted by Gasteiger charge is 2.47. The van der Waals surface area contributed by atoms with Crippen molar-refractivity contribution in [3.63, 3.8) is 0 Å². The highest BCUT2D eigenvalue weighted by atomic mass is 19.4. The first-order valence-electron chi connectivity index (χ1n) is 9.28. The summed E-state index contributed by atoms with van der Waals surface area (Å²) in [5.74, 6) is -1.04. The first kappa shape index (κ1) is 22.5. The van der Waals surface area contributed by atoms with E-state index in [1.54, 1.807) is 19.1 Å². The lowest BCUT2D eigenvalue weighted by atomic mass is 10.1. The van der Waals surface area contributed by atoms with E-state index in [1.165, 1.54) is 13.0 Å². The summed E-state index contributed by atoms with van der Waals surface area (Å²) in [5.41, 5.74) is -0.647. The monoisotopic (exact) mass is 410 g/mol. The Hall–Kier alpha value is -2.77. The zero-order chi connectivity index (χ0) is 21.9. The van der Waals surface area contributed by atoms with Gasteiger partial charge in [-0.1, -0.05) is 26.0 Å². The van der Waals surface area contributed by atoms with Crippen molar-refractivity contribution < 1.29 is 27.4 Å². The van der Waals surface area contributed by atoms with Gasteiger partial charge in [-0.25, -0.2) is 0 Å². The Kier molecular flexibility index (Phi) is 6.77. The largest absolute Gasteiger partial charge is 0.618 e. The molecule has 8 heteroatoms. The predicted octanol–water partition coefficient (Wildman–Crippen LogP) is 4.94. The number of benzene rings is 1. The Morgan fingerprint density at radius 3 is 2.48 bits per heavy atom. The highest BCUT2D eigenvalue weighted by Crippen LogP contribution is 2.35. The summed E-state index contributed by atoms with van der Waals surface area (Å²) in [6.45, 7) is 8.83. The highest BCUT2D eigenvalue weighted by molar-refractivity contribution is 6.07. The van der Waals surface area contributed by atoms with Gasteiger partial charge < -0.3 is 15.3 Å². The quantitative estimate of drug-likeness (QED) is 0.542. The Morgan fingerprint density at radius 2 is 1.90 bits per heavy atom. The second kappa shape index (κ2) is 8.71. The first-order chi connectivity index (χ1) is 13.4. The number of rotatable bonds is 6. The topological polar surface area (TPSA) is 65.3 Å². The molecule has 158 valence electrons. The van der Waals surface area contributed by atoms with Gasteiger partial charge in [-0.15, -0.1) is 0 Å². The Balaban J connectivity index is 2.57. The number of nitrogens with zero attached hydrogens (tertiary/aromatic N) is 1. The van der Waals surface area contributed by atoms with Crippen molar-refractivity contribution in [2.45, 2.75) is 47.2 Å². The van der Waals surface area contributed by atoms with Crippen molar-refractivity contribution in [3.8, 4) is 5.75 Å². The number of anilines is 1. The second-order valence-corrected chi connectivity index (χ2v) is 7.40. The average Bonchev–Trinajstić information content (AvgIpc) is 2.60. The third-order valence-electron chi connectivity index (χ3n) is 4.65. The molecule has 1 aromatic heterocycles. The maximum atomic E-state index is 13.7. The van der Waals surface area contributed by atoms with Crippen molar-refractivity contribution in [1.82, 2.24) is 0 Å². The summed E-state index contributed by atoms with van der Waals surface area (Å²) in [4.78, 5) is 12.9. The van der Waals surface area contributed by atoms with E-state index >= 15 is 0 Å². The third kappa shape index (κ3) is 5.19. The predicted molar refractivity (Wildman–Crippen MR) is 104 cm³/mol. The lowest BCUT2D eigenvalue weighted by molar-refractivity contribution is -0.635. The number of nitrogens with one attached hydrogen (secondary N) is 1. The molecular formula is C21H25F3N2O3. The number of aryl methyl sites for hydroxylation is 2. The summed E-state index contributed by atoms with van der Waals surface area (Å²) in [5, 5.41) is 14.7. The molecule has 0 aliphatic heterocycles. The molecule has 0 aliphatic carbocycles. The van der Waals surface area contributed by atoms with Crippen LogP contribution in [0.15, 0.2) is 24.3 Å². The van der Waals surface area contributed by atoms with E-state index in [2.05, 4.69) is 5.32 Å². The number of hydrogen-bond acceptors (Lipinski definition) is 3. The summed E-state index contributed by atoms with van der Waals surface area (Å²) in [7, 11) is 0. The number of carbonyl (C=O) groups is 1. The third-order valence-corrected chi connectivity index (χ3v) is 4.65. The standard InChI is InChI=1S/C21H25F3N2O3/c1-12(2)9-10-29-17-11-14(4)26(28)19(21(22,23)24)18(17)20(27)25-16-8-6-7-13(3)15(16)5/h6-8,11-12H,9-10H2,1-5H3,(H,25,27). The SMILES string of the molecule is Cc1cccc(NC(=O)c2c(OCCC(C)C)cc(C)[n+]([O-])c2C(F)(F)F)c1C. The molecular weight excluding hydrogens is 385 g/mol. The molecule has 0 aliphatic rings. The van der Waals surface area contributed by atoms with E-state index in [0.717, 1.165) is 11.1 Å². The van der Waals surface area contributed by atoms with Crippen molar-refractivity contribution in [2.24, 2.45) is 5.92 Å². The number of hydrogen-bond donors (Lipinski definition) is 1. The molecule has 1 heterocycles. The number of aromatic nitrogens is 1. The van der Waals surface area contributed by atoms with Crippen LogP contribution in [0.1, 0.15) is 53.1 Å². The lowest BCUT2D eigenvalue weighted by Gasteiger charge is -2.19. The van der Waals surface area contributed by atoms with E-state index in [-0.39, 0.29) is 28.7 Å². The summed E-state index contributed by atoms with van der Waals surface area (Å²) < 4.78 is 46.4. The molecule has 0 atom stereocenters. The molecule has 29 heavy (non-hydrogen) atoms. The molecule has 0 bridgehead atoms. The van der Waals surface area contributed by atoms with Crippen LogP contribution in [0.4, 0.5) is 18.9 Å². The van der Waals surface area contributed by atoms with Crippen LogP contribution in [0.25, 0.3) is 0 Å². The molecule has 0 unspecified atom stereocenters. The molecule has 0 radical (unpaired) electrons. The van der Waals surface area contributed by atoms with Crippen molar-refractivity contribution >= 4 is 11.6 Å². The Bertz CT molecular complexity index is 909. The zero-order valence-electron chi connectivity index (χ0n) is 17.1. The number of carbonyl (C=O) groups excluding carboxylic acids is 1. The van der Waals surface area contributed by atoms with Gasteiger partial charge in [0.15, 0.2) is 11.3 Å². The molecule has 1 N–H and O–H groups in total. The lowest BCUT2D eigenvalue weighted by Crippen LogP contribution is -2.42. The van der Waals surface area contributed by atoms with Crippen molar-refractivity contribution in [1.29, 1.82) is 0 Å². The number of ether oxygens (including phenoxy) is 1. The van der Waals surface area contributed by atoms with Gasteiger partial charge in [0, 0.05) is 18.7 Å². The van der Waals surface area contributed by atoms with Crippen LogP contribution in [0.2, 0.25) is 0 Å². The molecule has 0 saturated carbocycles. The molecule has 5 nitrogen and oxygen atoms in total. The minimum absolute atomic E-state index is 0.126. The number of alkyl halides is 3. The van der Waals surface area contributed by atoms with Gasteiger partial charge in [-0.2, -0.15) is 17.9 Å². The molecule has 1 amide bonds. The van der Waals surface area contributed by atoms with Crippen LogP contribution in [-0.2, 0) is 6.18 Å². The maximum absolute atomic E-state index is 13.7. The van der Waals surface area contributed by atoms with Crippen LogP contribution in [0.5, 0.6) is 5.75 Å². The van der Waals surface area contributed by atoms with E-state index in [4.69, 9.17) is 4.74 Å². The zero-order valence-corrected chi connectivity index (χ0v) is 17.1. The number of amides is 1. The van der Waals surface area contributed by atoms with Crippen LogP contribution in [-0.4, -0.2) is 12.5 Å². The van der Waals surface area contributed by atoms with Crippen LogP contribution in [0.3, 0.4) is 0 Å². The van der Waals surface area contributed by atoms with Crippen LogP contribution < -0.4 is 14.8 Å². The summed E-state index contributed by atoms with van der Waals surface area (Å²) in [6, 6.07) is 6.27. The van der Waals surface area contributed by atoms with Gasteiger partial charge in [0.1, 0.15) is 5.75 Å². The maximum Gasteiger partial charge on any atom is 0.479 e. The number of halogens is 3. The molecule has 0 spiro atoms. The number of pyridine rings is 1. The smallest absolute Gasteiger partial charge is 0.479 e. The Morgan fingerprint density at radius 1 is 1.24 bits per heavy atom. The van der Waals surface area contributed by atoms with Gasteiger partial charge in [0.05, 0.1) is 6.61 Å². The van der Waals surface area contributed by atoms with E-state index in [0.29, 0.717) is 12.1 Å². The van der Waals surface area contributed by atoms with E-state index in [9.17, 15) is 23.2 Å². The normalized spacial score (nSPS) is 11.6. The second-order valence-electron chi connectivity index (χ2n) is 7.40. The molecule has 2 aromatic rings.